The van der Waals surface area contributed by atoms with Gasteiger partial charge in [-0.25, -0.2) is 0 Å². The van der Waals surface area contributed by atoms with Gasteiger partial charge in [-0.3, -0.25) is 4.79 Å². The number of aromatic hydroxyl groups is 3. The summed E-state index contributed by atoms with van der Waals surface area (Å²) in [4.78, 5) is 12.2. The molecule has 0 aliphatic carbocycles. The number of amides is 1. The van der Waals surface area contributed by atoms with Gasteiger partial charge in [-0.05, 0) is 54.5 Å². The van der Waals surface area contributed by atoms with Crippen LogP contribution < -0.4 is 5.32 Å². The third-order valence-corrected chi connectivity index (χ3v) is 3.13. The van der Waals surface area contributed by atoms with Crippen molar-refractivity contribution >= 4 is 17.7 Å². The van der Waals surface area contributed by atoms with Crippen LogP contribution in [0.25, 0.3) is 6.08 Å². The van der Waals surface area contributed by atoms with Gasteiger partial charge in [0.15, 0.2) is 11.5 Å². The minimum Gasteiger partial charge on any atom is -0.508 e. The van der Waals surface area contributed by atoms with E-state index in [1.807, 2.05) is 0 Å². The van der Waals surface area contributed by atoms with Crippen LogP contribution in [-0.4, -0.2) is 21.2 Å². The first-order chi connectivity index (χ1) is 10.9. The topological polar surface area (TPSA) is 114 Å². The van der Waals surface area contributed by atoms with Gasteiger partial charge < -0.3 is 20.6 Å². The molecule has 0 spiro atoms. The van der Waals surface area contributed by atoms with E-state index < -0.39 is 5.91 Å². The average molecular weight is 310 g/mol. The van der Waals surface area contributed by atoms with Crippen molar-refractivity contribution in [1.29, 1.82) is 5.26 Å². The lowest BCUT2D eigenvalue weighted by atomic mass is 10.1. The first-order valence-corrected chi connectivity index (χ1v) is 6.65. The van der Waals surface area contributed by atoms with Crippen LogP contribution in [0.15, 0.2) is 42.0 Å². The maximum atomic E-state index is 12.2. The summed E-state index contributed by atoms with van der Waals surface area (Å²) in [5.41, 5.74) is 1.36. The molecule has 0 saturated carbocycles. The number of aryl methyl sites for hydroxylation is 1. The Morgan fingerprint density at radius 3 is 2.48 bits per heavy atom. The third kappa shape index (κ3) is 3.80. The molecule has 0 aromatic heterocycles. The molecular weight excluding hydrogens is 296 g/mol. The molecule has 6 nitrogen and oxygen atoms in total. The van der Waals surface area contributed by atoms with Crippen LogP contribution in [-0.2, 0) is 4.79 Å². The van der Waals surface area contributed by atoms with Crippen LogP contribution in [0, 0.1) is 18.3 Å². The summed E-state index contributed by atoms with van der Waals surface area (Å²) in [5, 5.41) is 39.8. The maximum absolute atomic E-state index is 12.2. The lowest BCUT2D eigenvalue weighted by molar-refractivity contribution is -0.112. The molecule has 0 unspecified atom stereocenters. The second kappa shape index (κ2) is 6.54. The fraction of sp³-hybridized carbons (Fsp3) is 0.0588. The Bertz CT molecular complexity index is 835. The fourth-order valence-corrected chi connectivity index (χ4v) is 1.92. The van der Waals surface area contributed by atoms with E-state index >= 15 is 0 Å². The van der Waals surface area contributed by atoms with Gasteiger partial charge in [0.05, 0.1) is 0 Å². The molecule has 0 heterocycles. The third-order valence-electron chi connectivity index (χ3n) is 3.13. The molecule has 2 rings (SSSR count). The van der Waals surface area contributed by atoms with Crippen LogP contribution >= 0.6 is 0 Å². The van der Waals surface area contributed by atoms with Gasteiger partial charge in [0.25, 0.3) is 5.91 Å². The van der Waals surface area contributed by atoms with E-state index in [0.717, 1.165) is 0 Å². The molecule has 2 aromatic carbocycles. The molecule has 6 heteroatoms. The van der Waals surface area contributed by atoms with E-state index in [2.05, 4.69) is 5.32 Å². The molecule has 0 saturated heterocycles. The number of hydrogen-bond acceptors (Lipinski definition) is 5. The summed E-state index contributed by atoms with van der Waals surface area (Å²) in [6, 6.07) is 10.2. The summed E-state index contributed by atoms with van der Waals surface area (Å²) in [6.45, 7) is 1.71. The van der Waals surface area contributed by atoms with Crippen LogP contribution in [0.3, 0.4) is 0 Å². The summed E-state index contributed by atoms with van der Waals surface area (Å²) >= 11 is 0. The zero-order valence-electron chi connectivity index (χ0n) is 12.2. The minimum absolute atomic E-state index is 0.0797. The van der Waals surface area contributed by atoms with E-state index in [1.165, 1.54) is 42.5 Å². The molecule has 4 N–H and O–H groups in total. The number of nitriles is 1. The van der Waals surface area contributed by atoms with Gasteiger partial charge in [0.2, 0.25) is 0 Å². The molecule has 23 heavy (non-hydrogen) atoms. The zero-order valence-corrected chi connectivity index (χ0v) is 12.2. The van der Waals surface area contributed by atoms with E-state index in [4.69, 9.17) is 5.26 Å². The molecule has 0 aliphatic rings. The summed E-state index contributed by atoms with van der Waals surface area (Å²) in [6.07, 6.45) is 1.30. The standard InChI is InChI=1S/C17H14N2O4/c1-10-6-13(20)3-4-14(10)19-17(23)12(9-18)7-11-2-5-15(21)16(22)8-11/h2-8,20-22H,1H3,(H,19,23)/b12-7+. The Labute approximate surface area is 132 Å². The summed E-state index contributed by atoms with van der Waals surface area (Å²) < 4.78 is 0. The smallest absolute Gasteiger partial charge is 0.266 e. The predicted octanol–water partition coefficient (Wildman–Crippen LogP) is 2.66. The van der Waals surface area contributed by atoms with Crippen LogP contribution in [0.5, 0.6) is 17.2 Å². The van der Waals surface area contributed by atoms with Crippen molar-refractivity contribution in [1.82, 2.24) is 0 Å². The predicted molar refractivity (Wildman–Crippen MR) is 84.8 cm³/mol. The Balaban J connectivity index is 2.26. The van der Waals surface area contributed by atoms with Crippen LogP contribution in [0.2, 0.25) is 0 Å². The monoisotopic (exact) mass is 310 g/mol. The van der Waals surface area contributed by atoms with E-state index in [-0.39, 0.29) is 22.8 Å². The normalized spacial score (nSPS) is 10.9. The van der Waals surface area contributed by atoms with Gasteiger partial charge in [-0.2, -0.15) is 5.26 Å². The largest absolute Gasteiger partial charge is 0.508 e. The number of anilines is 1. The molecule has 0 radical (unpaired) electrons. The average Bonchev–Trinajstić information content (AvgIpc) is 2.51. The van der Waals surface area contributed by atoms with Crippen molar-refractivity contribution < 1.29 is 20.1 Å². The number of carbonyl (C=O) groups is 1. The molecule has 0 atom stereocenters. The zero-order chi connectivity index (χ0) is 17.0. The minimum atomic E-state index is -0.617. The van der Waals surface area contributed by atoms with Gasteiger partial charge in [0.1, 0.15) is 17.4 Å². The van der Waals surface area contributed by atoms with Gasteiger partial charge in [-0.1, -0.05) is 6.07 Å². The van der Waals surface area contributed by atoms with Crippen LogP contribution in [0.1, 0.15) is 11.1 Å². The highest BCUT2D eigenvalue weighted by Gasteiger charge is 2.11. The number of nitrogens with one attached hydrogen (secondary N) is 1. The number of benzene rings is 2. The van der Waals surface area contributed by atoms with Crippen molar-refractivity contribution in [3.8, 4) is 23.3 Å². The van der Waals surface area contributed by atoms with E-state index in [1.54, 1.807) is 13.0 Å². The van der Waals surface area contributed by atoms with Gasteiger partial charge in [-0.15, -0.1) is 0 Å². The maximum Gasteiger partial charge on any atom is 0.266 e. The first kappa shape index (κ1) is 15.9. The SMILES string of the molecule is Cc1cc(O)ccc1NC(=O)/C(C#N)=C/c1ccc(O)c(O)c1. The second-order valence-electron chi connectivity index (χ2n) is 4.87. The number of phenolic OH excluding ortho intramolecular Hbond substituents is 3. The molecule has 2 aromatic rings. The summed E-state index contributed by atoms with van der Waals surface area (Å²) in [7, 11) is 0. The number of nitrogens with zero attached hydrogens (tertiary/aromatic N) is 1. The number of rotatable bonds is 3. The van der Waals surface area contributed by atoms with Gasteiger partial charge >= 0.3 is 0 Å². The highest BCUT2D eigenvalue weighted by atomic mass is 16.3. The molecule has 0 fully saturated rings. The van der Waals surface area contributed by atoms with Crippen molar-refractivity contribution in [3.05, 3.63) is 53.1 Å². The quantitative estimate of drug-likeness (QED) is 0.301. The first-order valence-electron chi connectivity index (χ1n) is 6.65. The second-order valence-corrected chi connectivity index (χ2v) is 4.87. The van der Waals surface area contributed by atoms with Crippen LogP contribution in [0.4, 0.5) is 5.69 Å². The Morgan fingerprint density at radius 2 is 1.87 bits per heavy atom. The summed E-state index contributed by atoms with van der Waals surface area (Å²) in [5.74, 6) is -1.17. The number of carbonyl (C=O) groups excluding carboxylic acids is 1. The van der Waals surface area contributed by atoms with Crippen molar-refractivity contribution in [3.63, 3.8) is 0 Å². The Morgan fingerprint density at radius 1 is 1.13 bits per heavy atom. The lowest BCUT2D eigenvalue weighted by Crippen LogP contribution is -2.14. The molecule has 0 bridgehead atoms. The fourth-order valence-electron chi connectivity index (χ4n) is 1.92. The molecule has 116 valence electrons. The Hall–Kier alpha value is -3.46. The molecule has 1 amide bonds. The number of hydrogen-bond donors (Lipinski definition) is 4. The molecule has 0 aliphatic heterocycles. The van der Waals surface area contributed by atoms with Crippen molar-refractivity contribution in [2.75, 3.05) is 5.32 Å². The van der Waals surface area contributed by atoms with Crippen molar-refractivity contribution in [2.24, 2.45) is 0 Å². The number of phenols is 3. The highest BCUT2D eigenvalue weighted by molar-refractivity contribution is 6.10. The van der Waals surface area contributed by atoms with Gasteiger partial charge in [0, 0.05) is 5.69 Å². The molecular formula is C17H14N2O4. The Kier molecular flexibility index (Phi) is 4.52. The van der Waals surface area contributed by atoms with Crippen molar-refractivity contribution in [2.45, 2.75) is 6.92 Å². The van der Waals surface area contributed by atoms with E-state index in [9.17, 15) is 20.1 Å². The van der Waals surface area contributed by atoms with E-state index in [0.29, 0.717) is 16.8 Å². The lowest BCUT2D eigenvalue weighted by Gasteiger charge is -2.08. The highest BCUT2D eigenvalue weighted by Crippen LogP contribution is 2.26.